The lowest BCUT2D eigenvalue weighted by Crippen LogP contribution is -2.21. The molecular formula is C17H24N2O. The standard InChI is InChI=1S/C17H24N2O/c1-4-18-12-16-9-10-17(20-16)13-19(5-2)15-8-6-7-14(3)11-15/h6-11,18H,4-5,12-13H2,1-3H3. The molecule has 0 aliphatic carbocycles. The summed E-state index contributed by atoms with van der Waals surface area (Å²) in [4.78, 5) is 2.32. The molecule has 2 aromatic rings. The van der Waals surface area contributed by atoms with Crippen molar-refractivity contribution in [2.24, 2.45) is 0 Å². The van der Waals surface area contributed by atoms with Gasteiger partial charge in [-0.25, -0.2) is 0 Å². The van der Waals surface area contributed by atoms with Gasteiger partial charge in [-0.1, -0.05) is 19.1 Å². The van der Waals surface area contributed by atoms with Crippen LogP contribution in [0.25, 0.3) is 0 Å². The molecule has 1 aromatic heterocycles. The summed E-state index contributed by atoms with van der Waals surface area (Å²) in [7, 11) is 0. The minimum absolute atomic E-state index is 0.799. The van der Waals surface area contributed by atoms with Gasteiger partial charge in [-0.15, -0.1) is 0 Å². The number of anilines is 1. The first-order chi connectivity index (χ1) is 9.72. The Morgan fingerprint density at radius 1 is 1.10 bits per heavy atom. The number of hydrogen-bond donors (Lipinski definition) is 1. The first-order valence-corrected chi connectivity index (χ1v) is 7.32. The fraction of sp³-hybridized carbons (Fsp3) is 0.412. The lowest BCUT2D eigenvalue weighted by Gasteiger charge is -2.22. The maximum atomic E-state index is 5.87. The zero-order valence-corrected chi connectivity index (χ0v) is 12.6. The van der Waals surface area contributed by atoms with Crippen molar-refractivity contribution in [3.8, 4) is 0 Å². The second kappa shape index (κ2) is 7.15. The molecule has 0 radical (unpaired) electrons. The highest BCUT2D eigenvalue weighted by molar-refractivity contribution is 5.48. The summed E-state index contributed by atoms with van der Waals surface area (Å²) in [5, 5.41) is 3.28. The van der Waals surface area contributed by atoms with Gasteiger partial charge in [-0.05, 0) is 50.2 Å². The maximum Gasteiger partial charge on any atom is 0.123 e. The van der Waals surface area contributed by atoms with E-state index in [1.54, 1.807) is 0 Å². The summed E-state index contributed by atoms with van der Waals surface area (Å²) in [6.07, 6.45) is 0. The number of aryl methyl sites for hydroxylation is 1. The summed E-state index contributed by atoms with van der Waals surface area (Å²) in [5.41, 5.74) is 2.53. The Balaban J connectivity index is 2.04. The zero-order chi connectivity index (χ0) is 14.4. The van der Waals surface area contributed by atoms with Crippen LogP contribution in [-0.4, -0.2) is 13.1 Å². The molecule has 0 spiro atoms. The number of rotatable bonds is 7. The third-order valence-corrected chi connectivity index (χ3v) is 3.36. The van der Waals surface area contributed by atoms with Crippen molar-refractivity contribution >= 4 is 5.69 Å². The van der Waals surface area contributed by atoms with Crippen LogP contribution >= 0.6 is 0 Å². The second-order valence-corrected chi connectivity index (χ2v) is 5.00. The van der Waals surface area contributed by atoms with E-state index in [0.29, 0.717) is 0 Å². The molecule has 1 heterocycles. The first kappa shape index (κ1) is 14.7. The molecule has 0 unspecified atom stereocenters. The predicted molar refractivity (Wildman–Crippen MR) is 84.0 cm³/mol. The summed E-state index contributed by atoms with van der Waals surface area (Å²) in [5.74, 6) is 2.02. The van der Waals surface area contributed by atoms with Gasteiger partial charge in [0.15, 0.2) is 0 Å². The number of benzene rings is 1. The van der Waals surface area contributed by atoms with Crippen molar-refractivity contribution in [1.29, 1.82) is 0 Å². The van der Waals surface area contributed by atoms with Gasteiger partial charge in [-0.2, -0.15) is 0 Å². The van der Waals surface area contributed by atoms with E-state index >= 15 is 0 Å². The fourth-order valence-corrected chi connectivity index (χ4v) is 2.25. The van der Waals surface area contributed by atoms with Gasteiger partial charge in [0.05, 0.1) is 13.1 Å². The van der Waals surface area contributed by atoms with Crippen LogP contribution in [0.5, 0.6) is 0 Å². The Labute approximate surface area is 121 Å². The van der Waals surface area contributed by atoms with E-state index < -0.39 is 0 Å². The van der Waals surface area contributed by atoms with Crippen molar-refractivity contribution in [1.82, 2.24) is 5.32 Å². The molecule has 108 valence electrons. The van der Waals surface area contributed by atoms with Gasteiger partial charge < -0.3 is 14.6 Å². The third-order valence-electron chi connectivity index (χ3n) is 3.36. The molecule has 1 N–H and O–H groups in total. The average molecular weight is 272 g/mol. The first-order valence-electron chi connectivity index (χ1n) is 7.32. The normalized spacial score (nSPS) is 10.8. The number of nitrogens with zero attached hydrogens (tertiary/aromatic N) is 1. The molecule has 0 fully saturated rings. The Morgan fingerprint density at radius 2 is 1.90 bits per heavy atom. The van der Waals surface area contributed by atoms with Gasteiger partial charge in [0.2, 0.25) is 0 Å². The van der Waals surface area contributed by atoms with E-state index in [4.69, 9.17) is 4.42 Å². The summed E-state index contributed by atoms with van der Waals surface area (Å²) >= 11 is 0. The molecular weight excluding hydrogens is 248 g/mol. The molecule has 3 heteroatoms. The monoisotopic (exact) mass is 272 g/mol. The summed E-state index contributed by atoms with van der Waals surface area (Å²) in [6, 6.07) is 12.7. The predicted octanol–water partition coefficient (Wildman–Crippen LogP) is 3.72. The molecule has 3 nitrogen and oxygen atoms in total. The summed E-state index contributed by atoms with van der Waals surface area (Å²) < 4.78 is 5.87. The minimum Gasteiger partial charge on any atom is -0.463 e. The van der Waals surface area contributed by atoms with Crippen LogP contribution in [-0.2, 0) is 13.1 Å². The Bertz CT molecular complexity index is 533. The Morgan fingerprint density at radius 3 is 2.60 bits per heavy atom. The van der Waals surface area contributed by atoms with E-state index in [0.717, 1.165) is 37.7 Å². The van der Waals surface area contributed by atoms with Crippen LogP contribution in [0.15, 0.2) is 40.8 Å². The summed E-state index contributed by atoms with van der Waals surface area (Å²) in [6.45, 7) is 9.93. The van der Waals surface area contributed by atoms with Gasteiger partial charge in [0, 0.05) is 12.2 Å². The van der Waals surface area contributed by atoms with E-state index in [1.165, 1.54) is 11.3 Å². The van der Waals surface area contributed by atoms with Gasteiger partial charge >= 0.3 is 0 Å². The van der Waals surface area contributed by atoms with Crippen LogP contribution in [0.4, 0.5) is 5.69 Å². The van der Waals surface area contributed by atoms with Crippen LogP contribution in [0.3, 0.4) is 0 Å². The molecule has 2 rings (SSSR count). The number of nitrogens with one attached hydrogen (secondary N) is 1. The lowest BCUT2D eigenvalue weighted by atomic mass is 10.2. The van der Waals surface area contributed by atoms with Gasteiger partial charge in [0.1, 0.15) is 11.5 Å². The molecule has 0 atom stereocenters. The minimum atomic E-state index is 0.799. The Hall–Kier alpha value is -1.74. The second-order valence-electron chi connectivity index (χ2n) is 5.00. The van der Waals surface area contributed by atoms with Gasteiger partial charge in [0.25, 0.3) is 0 Å². The third kappa shape index (κ3) is 3.87. The van der Waals surface area contributed by atoms with Crippen LogP contribution in [0, 0.1) is 6.92 Å². The highest BCUT2D eigenvalue weighted by Gasteiger charge is 2.08. The van der Waals surface area contributed by atoms with Crippen molar-refractivity contribution < 1.29 is 4.42 Å². The van der Waals surface area contributed by atoms with Crippen molar-refractivity contribution in [2.75, 3.05) is 18.0 Å². The number of furan rings is 1. The van der Waals surface area contributed by atoms with Crippen molar-refractivity contribution in [2.45, 2.75) is 33.9 Å². The smallest absolute Gasteiger partial charge is 0.123 e. The lowest BCUT2D eigenvalue weighted by molar-refractivity contribution is 0.446. The zero-order valence-electron chi connectivity index (χ0n) is 12.6. The number of hydrogen-bond acceptors (Lipinski definition) is 3. The topological polar surface area (TPSA) is 28.4 Å². The Kier molecular flexibility index (Phi) is 5.24. The molecule has 0 aliphatic rings. The molecule has 0 amide bonds. The fourth-order valence-electron chi connectivity index (χ4n) is 2.25. The largest absolute Gasteiger partial charge is 0.463 e. The molecule has 20 heavy (non-hydrogen) atoms. The molecule has 0 saturated heterocycles. The van der Waals surface area contributed by atoms with Crippen molar-refractivity contribution in [3.05, 3.63) is 53.5 Å². The molecule has 0 saturated carbocycles. The van der Waals surface area contributed by atoms with E-state index in [9.17, 15) is 0 Å². The van der Waals surface area contributed by atoms with Crippen molar-refractivity contribution in [3.63, 3.8) is 0 Å². The van der Waals surface area contributed by atoms with E-state index in [1.807, 2.05) is 0 Å². The van der Waals surface area contributed by atoms with Crippen LogP contribution in [0.1, 0.15) is 30.9 Å². The highest BCUT2D eigenvalue weighted by Crippen LogP contribution is 2.19. The van der Waals surface area contributed by atoms with Crippen LogP contribution < -0.4 is 10.2 Å². The quantitative estimate of drug-likeness (QED) is 0.832. The van der Waals surface area contributed by atoms with Crippen LogP contribution in [0.2, 0.25) is 0 Å². The van der Waals surface area contributed by atoms with Gasteiger partial charge in [-0.3, -0.25) is 0 Å². The molecule has 0 bridgehead atoms. The average Bonchev–Trinajstić information content (AvgIpc) is 2.90. The molecule has 0 aliphatic heterocycles. The SMILES string of the molecule is CCNCc1ccc(CN(CC)c2cccc(C)c2)o1. The van der Waals surface area contributed by atoms with E-state index in [2.05, 4.69) is 67.4 Å². The maximum absolute atomic E-state index is 5.87. The van der Waals surface area contributed by atoms with E-state index in [-0.39, 0.29) is 0 Å². The molecule has 1 aromatic carbocycles. The highest BCUT2D eigenvalue weighted by atomic mass is 16.3.